The van der Waals surface area contributed by atoms with Crippen molar-refractivity contribution in [1.82, 2.24) is 5.32 Å². The van der Waals surface area contributed by atoms with Gasteiger partial charge in [0.2, 0.25) is 0 Å². The van der Waals surface area contributed by atoms with E-state index in [0.717, 1.165) is 55.4 Å². The van der Waals surface area contributed by atoms with Crippen molar-refractivity contribution in [3.05, 3.63) is 9.67 Å². The van der Waals surface area contributed by atoms with E-state index in [1.165, 1.54) is 7.11 Å². The number of hydrogen-bond acceptors (Lipinski definition) is 6. The second-order valence-corrected chi connectivity index (χ2v) is 23.4. The van der Waals surface area contributed by atoms with E-state index in [1.54, 1.807) is 33.8 Å². The molecule has 0 rings (SSSR count). The summed E-state index contributed by atoms with van der Waals surface area (Å²) >= 11 is -3.10. The van der Waals surface area contributed by atoms with Crippen LogP contribution in [-0.4, -0.2) is 61.8 Å². The molecule has 8 heteroatoms. The molecular formula is C26H49NO6Sn. The third-order valence-electron chi connectivity index (χ3n) is 5.89. The van der Waals surface area contributed by atoms with E-state index in [4.69, 9.17) is 14.2 Å². The molecule has 0 aliphatic heterocycles. The quantitative estimate of drug-likeness (QED) is 0.0980. The van der Waals surface area contributed by atoms with Gasteiger partial charge in [-0.2, -0.15) is 0 Å². The van der Waals surface area contributed by atoms with Gasteiger partial charge in [0.1, 0.15) is 0 Å². The van der Waals surface area contributed by atoms with Gasteiger partial charge in [-0.25, -0.2) is 0 Å². The molecule has 0 spiro atoms. The zero-order valence-electron chi connectivity index (χ0n) is 22.9. The molecule has 1 N–H and O–H groups in total. The molecule has 198 valence electrons. The predicted octanol–water partition coefficient (Wildman–Crippen LogP) is 6.32. The van der Waals surface area contributed by atoms with Gasteiger partial charge in [0.05, 0.1) is 0 Å². The van der Waals surface area contributed by atoms with Crippen molar-refractivity contribution in [2.24, 2.45) is 0 Å². The van der Waals surface area contributed by atoms with Crippen LogP contribution in [0.5, 0.6) is 0 Å². The van der Waals surface area contributed by atoms with E-state index in [-0.39, 0.29) is 12.4 Å². The number of rotatable bonds is 16. The average Bonchev–Trinajstić information content (AvgIpc) is 2.76. The van der Waals surface area contributed by atoms with Crippen molar-refractivity contribution >= 4 is 36.4 Å². The van der Waals surface area contributed by atoms with Gasteiger partial charge < -0.3 is 0 Å². The maximum atomic E-state index is 12.7. The number of nitrogens with one attached hydrogen (secondary N) is 1. The Morgan fingerprint density at radius 3 is 1.79 bits per heavy atom. The van der Waals surface area contributed by atoms with Gasteiger partial charge in [-0.3, -0.25) is 0 Å². The normalized spacial score (nSPS) is 13.2. The summed E-state index contributed by atoms with van der Waals surface area (Å²) < 4.78 is 20.1. The molecule has 0 bridgehead atoms. The number of alkyl carbamates (subject to hydrolysis) is 1. The summed E-state index contributed by atoms with van der Waals surface area (Å²) in [6, 6.07) is -0.915. The number of unbranched alkanes of at least 4 members (excludes halogenated alkanes) is 3. The molecule has 0 aromatic carbocycles. The molecule has 0 fully saturated rings. The molecule has 0 aliphatic carbocycles. The van der Waals surface area contributed by atoms with E-state index in [1.807, 2.05) is 0 Å². The van der Waals surface area contributed by atoms with Crippen LogP contribution in [0.25, 0.3) is 0 Å². The molecule has 0 unspecified atom stereocenters. The zero-order chi connectivity index (χ0) is 26.2. The first-order valence-electron chi connectivity index (χ1n) is 12.9. The molecule has 0 saturated heterocycles. The van der Waals surface area contributed by atoms with Gasteiger partial charge in [0.15, 0.2) is 0 Å². The standard InChI is InChI=1S/C14H22NO6.3C4H9.Sn/c1-6-20-11(16)9-7-8-10(12(17)19-5)15-13(18)21-14(2,3)4;3*1-3-4-2;/h9-10H,6,8H2,1-5H3,(H,15,18);3*1,3-4H2,2H3;/t10-;;;;/m0..../s1. The Morgan fingerprint density at radius 2 is 1.41 bits per heavy atom. The van der Waals surface area contributed by atoms with Gasteiger partial charge in [0.25, 0.3) is 0 Å². The van der Waals surface area contributed by atoms with Crippen molar-refractivity contribution in [3.8, 4) is 0 Å². The number of ether oxygens (including phenoxy) is 3. The van der Waals surface area contributed by atoms with Crippen molar-refractivity contribution in [2.45, 2.75) is 118 Å². The summed E-state index contributed by atoms with van der Waals surface area (Å²) in [5, 5.41) is 2.71. The summed E-state index contributed by atoms with van der Waals surface area (Å²) in [6.45, 7) is 14.0. The molecule has 0 aromatic heterocycles. The minimum absolute atomic E-state index is 0.262. The number of amides is 1. The monoisotopic (exact) mass is 591 g/mol. The van der Waals surface area contributed by atoms with Crippen LogP contribution >= 0.6 is 0 Å². The first kappa shape index (κ1) is 32.7. The molecule has 7 nitrogen and oxygen atoms in total. The second kappa shape index (κ2) is 17.2. The molecule has 34 heavy (non-hydrogen) atoms. The summed E-state index contributed by atoms with van der Waals surface area (Å²) in [6.07, 6.45) is 7.80. The zero-order valence-corrected chi connectivity index (χ0v) is 25.7. The summed E-state index contributed by atoms with van der Waals surface area (Å²) in [5.74, 6) is -0.911. The van der Waals surface area contributed by atoms with Crippen molar-refractivity contribution < 1.29 is 28.6 Å². The first-order valence-corrected chi connectivity index (χ1v) is 20.4. The van der Waals surface area contributed by atoms with E-state index in [2.05, 4.69) is 26.1 Å². The SMILES string of the molecule is CCC[CH2][Sn]([CH2]CCC)([CH2]CCC)/[C](=C/C(=O)OCC)C[C@H](NC(=O)OC(C)(C)C)C(=O)OC. The second-order valence-electron chi connectivity index (χ2n) is 9.94. The molecule has 0 aromatic rings. The molecule has 0 heterocycles. The van der Waals surface area contributed by atoms with E-state index >= 15 is 0 Å². The van der Waals surface area contributed by atoms with Gasteiger partial charge in [0, 0.05) is 0 Å². The van der Waals surface area contributed by atoms with Crippen LogP contribution in [0.1, 0.15) is 93.4 Å². The van der Waals surface area contributed by atoms with Gasteiger partial charge in [-0.15, -0.1) is 0 Å². The number of hydrogen-bond donors (Lipinski definition) is 1. The molecule has 0 aliphatic rings. The molecular weight excluding hydrogens is 541 g/mol. The third kappa shape index (κ3) is 13.0. The number of carbonyl (C=O) groups excluding carboxylic acids is 3. The maximum absolute atomic E-state index is 12.7. The Bertz CT molecular complexity index is 634. The minimum atomic E-state index is -3.10. The van der Waals surface area contributed by atoms with Crippen LogP contribution in [0.3, 0.4) is 0 Å². The van der Waals surface area contributed by atoms with Crippen molar-refractivity contribution in [3.63, 3.8) is 0 Å². The number of esters is 2. The first-order chi connectivity index (χ1) is 16.0. The van der Waals surface area contributed by atoms with Crippen LogP contribution in [0, 0.1) is 0 Å². The Balaban J connectivity index is 6.39. The number of carbonyl (C=O) groups is 3. The fourth-order valence-corrected chi connectivity index (χ4v) is 20.9. The molecule has 0 saturated carbocycles. The van der Waals surface area contributed by atoms with Crippen LogP contribution in [0.15, 0.2) is 9.67 Å². The fraction of sp³-hybridized carbons (Fsp3) is 0.808. The van der Waals surface area contributed by atoms with E-state index < -0.39 is 42.1 Å². The van der Waals surface area contributed by atoms with Crippen LogP contribution in [-0.2, 0) is 23.8 Å². The Labute approximate surface area is 211 Å². The van der Waals surface area contributed by atoms with E-state index in [9.17, 15) is 14.4 Å². The predicted molar refractivity (Wildman–Crippen MR) is 139 cm³/mol. The molecule has 1 amide bonds. The van der Waals surface area contributed by atoms with Crippen LogP contribution in [0.2, 0.25) is 13.3 Å². The Morgan fingerprint density at radius 1 is 0.912 bits per heavy atom. The number of methoxy groups -OCH3 is 1. The topological polar surface area (TPSA) is 90.9 Å². The van der Waals surface area contributed by atoms with Crippen LogP contribution in [0.4, 0.5) is 4.79 Å². The third-order valence-corrected chi connectivity index (χ3v) is 22.0. The van der Waals surface area contributed by atoms with Crippen molar-refractivity contribution in [2.75, 3.05) is 13.7 Å². The van der Waals surface area contributed by atoms with Crippen LogP contribution < -0.4 is 5.32 Å². The van der Waals surface area contributed by atoms with Crippen molar-refractivity contribution in [1.29, 1.82) is 0 Å². The fourth-order valence-electron chi connectivity index (χ4n) is 4.16. The summed E-state index contributed by atoms with van der Waals surface area (Å²) in [4.78, 5) is 37.9. The molecule has 1 atom stereocenters. The summed E-state index contributed by atoms with van der Waals surface area (Å²) in [7, 11) is 1.31. The van der Waals surface area contributed by atoms with E-state index in [0.29, 0.717) is 6.61 Å². The van der Waals surface area contributed by atoms with Gasteiger partial charge >= 0.3 is 212 Å². The Kier molecular flexibility index (Phi) is 16.6. The summed E-state index contributed by atoms with van der Waals surface area (Å²) in [5.41, 5.74) is -0.694. The van der Waals surface area contributed by atoms with Gasteiger partial charge in [-0.05, 0) is 0 Å². The average molecular weight is 590 g/mol. The van der Waals surface area contributed by atoms with Gasteiger partial charge in [-0.1, -0.05) is 0 Å². The molecule has 0 radical (unpaired) electrons. The Hall–Kier alpha value is -1.25.